The van der Waals surface area contributed by atoms with Gasteiger partial charge in [-0.05, 0) is 32.0 Å². The van der Waals surface area contributed by atoms with Crippen LogP contribution in [0, 0.1) is 6.92 Å². The Balaban J connectivity index is 2.31. The number of phenols is 1. The van der Waals surface area contributed by atoms with Crippen LogP contribution in [0.15, 0.2) is 42.5 Å². The van der Waals surface area contributed by atoms with E-state index in [-0.39, 0.29) is 11.8 Å². The second-order valence-corrected chi connectivity index (χ2v) is 4.93. The third-order valence-electron chi connectivity index (χ3n) is 3.31. The minimum Gasteiger partial charge on any atom is -0.508 e. The quantitative estimate of drug-likeness (QED) is 0.883. The lowest BCUT2D eigenvalue weighted by atomic mass is 10.1. The molecule has 0 saturated carbocycles. The Labute approximate surface area is 114 Å². The Morgan fingerprint density at radius 3 is 2.16 bits per heavy atom. The maximum atomic E-state index is 10.00. The Morgan fingerprint density at radius 1 is 1.05 bits per heavy atom. The third kappa shape index (κ3) is 2.88. The Bertz CT molecular complexity index is 561. The number of nitrogens with two attached hydrogens (primary N) is 1. The van der Waals surface area contributed by atoms with Crippen LogP contribution in [0.25, 0.3) is 0 Å². The van der Waals surface area contributed by atoms with Crippen molar-refractivity contribution in [2.75, 3.05) is 11.9 Å². The second-order valence-electron chi connectivity index (χ2n) is 4.93. The number of anilines is 2. The molecule has 0 heterocycles. The third-order valence-corrected chi connectivity index (χ3v) is 3.31. The van der Waals surface area contributed by atoms with Crippen molar-refractivity contribution in [3.63, 3.8) is 0 Å². The molecule has 0 aliphatic heterocycles. The molecule has 0 aromatic heterocycles. The maximum Gasteiger partial charge on any atom is 0.122 e. The van der Waals surface area contributed by atoms with Gasteiger partial charge in [-0.25, -0.2) is 0 Å². The maximum absolute atomic E-state index is 10.00. The fourth-order valence-electron chi connectivity index (χ4n) is 2.04. The van der Waals surface area contributed by atoms with Gasteiger partial charge in [-0.1, -0.05) is 23.8 Å². The molecule has 2 aromatic carbocycles. The van der Waals surface area contributed by atoms with Crippen molar-refractivity contribution in [1.29, 1.82) is 0 Å². The highest BCUT2D eigenvalue weighted by Crippen LogP contribution is 2.31. The monoisotopic (exact) mass is 256 g/mol. The molecular formula is C16H20N2O. The van der Waals surface area contributed by atoms with Gasteiger partial charge >= 0.3 is 0 Å². The summed E-state index contributed by atoms with van der Waals surface area (Å²) in [5.41, 5.74) is 9.81. The SMILES string of the molecule is Cc1ccc(N(C)c2ccc(C(C)N)c(O)c2)cc1. The van der Waals surface area contributed by atoms with Crippen LogP contribution >= 0.6 is 0 Å². The summed E-state index contributed by atoms with van der Waals surface area (Å²) in [6.07, 6.45) is 0. The summed E-state index contributed by atoms with van der Waals surface area (Å²) < 4.78 is 0. The number of aryl methyl sites for hydroxylation is 1. The lowest BCUT2D eigenvalue weighted by molar-refractivity contribution is 0.464. The summed E-state index contributed by atoms with van der Waals surface area (Å²) in [6, 6.07) is 13.7. The summed E-state index contributed by atoms with van der Waals surface area (Å²) in [5, 5.41) is 10.00. The Kier molecular flexibility index (Phi) is 3.76. The van der Waals surface area contributed by atoms with Crippen molar-refractivity contribution in [3.8, 4) is 5.75 Å². The molecule has 100 valence electrons. The largest absolute Gasteiger partial charge is 0.508 e. The fraction of sp³-hybridized carbons (Fsp3) is 0.250. The minimum atomic E-state index is -0.168. The Hall–Kier alpha value is -2.00. The number of hydrogen-bond acceptors (Lipinski definition) is 3. The van der Waals surface area contributed by atoms with Gasteiger partial charge in [0.25, 0.3) is 0 Å². The molecule has 1 atom stereocenters. The van der Waals surface area contributed by atoms with Gasteiger partial charge < -0.3 is 15.7 Å². The first-order valence-electron chi connectivity index (χ1n) is 6.38. The highest BCUT2D eigenvalue weighted by molar-refractivity contribution is 5.65. The van der Waals surface area contributed by atoms with Crippen LogP contribution in [-0.2, 0) is 0 Å². The van der Waals surface area contributed by atoms with Gasteiger partial charge in [0.1, 0.15) is 5.75 Å². The van der Waals surface area contributed by atoms with Crippen LogP contribution in [-0.4, -0.2) is 12.2 Å². The molecule has 3 nitrogen and oxygen atoms in total. The molecule has 1 unspecified atom stereocenters. The van der Waals surface area contributed by atoms with E-state index in [4.69, 9.17) is 5.73 Å². The van der Waals surface area contributed by atoms with Gasteiger partial charge in [0.05, 0.1) is 0 Å². The van der Waals surface area contributed by atoms with Crippen molar-refractivity contribution < 1.29 is 5.11 Å². The molecule has 0 amide bonds. The zero-order valence-electron chi connectivity index (χ0n) is 11.6. The zero-order valence-corrected chi connectivity index (χ0v) is 11.6. The molecule has 0 bridgehead atoms. The number of aromatic hydroxyl groups is 1. The summed E-state index contributed by atoms with van der Waals surface area (Å²) in [6.45, 7) is 3.92. The van der Waals surface area contributed by atoms with Crippen LogP contribution < -0.4 is 10.6 Å². The van der Waals surface area contributed by atoms with Crippen molar-refractivity contribution in [2.24, 2.45) is 5.73 Å². The summed E-state index contributed by atoms with van der Waals surface area (Å²) in [5.74, 6) is 0.242. The van der Waals surface area contributed by atoms with Gasteiger partial charge in [-0.15, -0.1) is 0 Å². The van der Waals surface area contributed by atoms with E-state index in [1.165, 1.54) is 5.56 Å². The molecule has 3 heteroatoms. The molecule has 2 aromatic rings. The molecule has 0 saturated heterocycles. The van der Waals surface area contributed by atoms with Gasteiger partial charge in [0.15, 0.2) is 0 Å². The van der Waals surface area contributed by atoms with E-state index in [1.54, 1.807) is 6.07 Å². The van der Waals surface area contributed by atoms with Gasteiger partial charge in [0, 0.05) is 36.1 Å². The van der Waals surface area contributed by atoms with Crippen LogP contribution in [0.5, 0.6) is 5.75 Å². The predicted octanol–water partition coefficient (Wildman–Crippen LogP) is 3.49. The molecule has 0 spiro atoms. The first kappa shape index (κ1) is 13.4. The van der Waals surface area contributed by atoms with Gasteiger partial charge in [-0.2, -0.15) is 0 Å². The normalized spacial score (nSPS) is 12.2. The van der Waals surface area contributed by atoms with Crippen molar-refractivity contribution in [2.45, 2.75) is 19.9 Å². The standard InChI is InChI=1S/C16H20N2O/c1-11-4-6-13(7-5-11)18(3)14-8-9-15(12(2)17)16(19)10-14/h4-10,12,19H,17H2,1-3H3. The Morgan fingerprint density at radius 2 is 1.63 bits per heavy atom. The van der Waals surface area contributed by atoms with E-state index in [9.17, 15) is 5.11 Å². The fourth-order valence-corrected chi connectivity index (χ4v) is 2.04. The van der Waals surface area contributed by atoms with Gasteiger partial charge in [0.2, 0.25) is 0 Å². The van der Waals surface area contributed by atoms with Crippen molar-refractivity contribution >= 4 is 11.4 Å². The smallest absolute Gasteiger partial charge is 0.122 e. The average molecular weight is 256 g/mol. The topological polar surface area (TPSA) is 49.5 Å². The highest BCUT2D eigenvalue weighted by atomic mass is 16.3. The number of phenolic OH excluding ortho intramolecular Hbond substituents is 1. The highest BCUT2D eigenvalue weighted by Gasteiger charge is 2.10. The average Bonchev–Trinajstić information content (AvgIpc) is 2.38. The molecular weight excluding hydrogens is 236 g/mol. The van der Waals surface area contributed by atoms with Crippen molar-refractivity contribution in [1.82, 2.24) is 0 Å². The van der Waals surface area contributed by atoms with E-state index in [1.807, 2.05) is 31.0 Å². The van der Waals surface area contributed by atoms with Crippen LogP contribution in [0.3, 0.4) is 0 Å². The summed E-state index contributed by atoms with van der Waals surface area (Å²) >= 11 is 0. The molecule has 19 heavy (non-hydrogen) atoms. The van der Waals surface area contributed by atoms with Crippen molar-refractivity contribution in [3.05, 3.63) is 53.6 Å². The number of benzene rings is 2. The van der Waals surface area contributed by atoms with E-state index in [0.717, 1.165) is 16.9 Å². The first-order valence-corrected chi connectivity index (χ1v) is 6.38. The summed E-state index contributed by atoms with van der Waals surface area (Å²) in [4.78, 5) is 2.03. The van der Waals surface area contributed by atoms with E-state index in [2.05, 4.69) is 31.2 Å². The predicted molar refractivity (Wildman–Crippen MR) is 80.0 cm³/mol. The van der Waals surface area contributed by atoms with Gasteiger partial charge in [-0.3, -0.25) is 0 Å². The summed E-state index contributed by atoms with van der Waals surface area (Å²) in [7, 11) is 1.98. The zero-order chi connectivity index (χ0) is 14.0. The molecule has 0 aliphatic rings. The number of nitrogens with zero attached hydrogens (tertiary/aromatic N) is 1. The molecule has 0 radical (unpaired) electrons. The number of rotatable bonds is 3. The first-order chi connectivity index (χ1) is 8.99. The van der Waals surface area contributed by atoms with Crippen LogP contribution in [0.1, 0.15) is 24.1 Å². The lowest BCUT2D eigenvalue weighted by Gasteiger charge is -2.21. The number of hydrogen-bond donors (Lipinski definition) is 2. The van der Waals surface area contributed by atoms with E-state index in [0.29, 0.717) is 0 Å². The molecule has 3 N–H and O–H groups in total. The van der Waals surface area contributed by atoms with Crippen LogP contribution in [0.2, 0.25) is 0 Å². The molecule has 0 aliphatic carbocycles. The van der Waals surface area contributed by atoms with E-state index < -0.39 is 0 Å². The minimum absolute atomic E-state index is 0.168. The molecule has 0 fully saturated rings. The van der Waals surface area contributed by atoms with Crippen LogP contribution in [0.4, 0.5) is 11.4 Å². The second kappa shape index (κ2) is 5.33. The lowest BCUT2D eigenvalue weighted by Crippen LogP contribution is -2.10. The van der Waals surface area contributed by atoms with E-state index >= 15 is 0 Å². The molecule has 2 rings (SSSR count).